The Labute approximate surface area is 151 Å². The number of hydrogen-bond acceptors (Lipinski definition) is 4. The predicted molar refractivity (Wildman–Crippen MR) is 86.8 cm³/mol. The van der Waals surface area contributed by atoms with Crippen molar-refractivity contribution >= 4 is 11.6 Å². The number of alkyl halides is 3. The van der Waals surface area contributed by atoms with Crippen LogP contribution in [-0.4, -0.2) is 38.7 Å². The summed E-state index contributed by atoms with van der Waals surface area (Å²) < 4.78 is 53.6. The number of carbonyl (C=O) groups is 1. The van der Waals surface area contributed by atoms with Gasteiger partial charge in [-0.15, -0.1) is 0 Å². The molecule has 2 aromatic rings. The molecule has 2 atom stereocenters. The van der Waals surface area contributed by atoms with Gasteiger partial charge in [-0.25, -0.2) is 4.39 Å². The normalized spacial score (nSPS) is 21.1. The van der Waals surface area contributed by atoms with Gasteiger partial charge in [0.15, 0.2) is 6.10 Å². The van der Waals surface area contributed by atoms with Gasteiger partial charge in [-0.2, -0.15) is 23.3 Å². The minimum Gasteiger partial charge on any atom is -0.378 e. The van der Waals surface area contributed by atoms with Crippen LogP contribution in [0, 0.1) is 5.82 Å². The van der Waals surface area contributed by atoms with Crippen molar-refractivity contribution in [1.29, 1.82) is 0 Å². The Morgan fingerprint density at radius 1 is 1.11 bits per heavy atom. The van der Waals surface area contributed by atoms with E-state index in [1.807, 2.05) is 0 Å². The van der Waals surface area contributed by atoms with Gasteiger partial charge in [-0.05, 0) is 23.3 Å². The molecule has 3 rings (SSSR count). The average Bonchev–Trinajstić information content (AvgIpc) is 3.00. The summed E-state index contributed by atoms with van der Waals surface area (Å²) in [5.74, 6) is -2.03. The number of benzene rings is 2. The van der Waals surface area contributed by atoms with E-state index in [9.17, 15) is 32.6 Å². The van der Waals surface area contributed by atoms with Crippen LogP contribution in [0.5, 0.6) is 0 Å². The Balaban J connectivity index is 2.00. The standard InChI is InChI=1S/C18H14F4N2O3/c19-13-8-6-11(7-9-13)14-10-17(27,18(20,21)22)24(23-14)16(26)15(25)12-4-2-1-3-5-12/h1-9,15,25,27H,10H2/t15-,17-/m1/s1. The van der Waals surface area contributed by atoms with Gasteiger partial charge in [0.1, 0.15) is 5.82 Å². The molecule has 0 aliphatic carbocycles. The average molecular weight is 382 g/mol. The quantitative estimate of drug-likeness (QED) is 0.802. The second kappa shape index (κ2) is 6.75. The Bertz CT molecular complexity index is 868. The fraction of sp³-hybridized carbons (Fsp3) is 0.222. The summed E-state index contributed by atoms with van der Waals surface area (Å²) in [4.78, 5) is 12.5. The highest BCUT2D eigenvalue weighted by Gasteiger charge is 2.63. The predicted octanol–water partition coefficient (Wildman–Crippen LogP) is 2.75. The molecule has 27 heavy (non-hydrogen) atoms. The zero-order chi connectivity index (χ0) is 19.8. The molecule has 1 heterocycles. The molecule has 1 amide bonds. The van der Waals surface area contributed by atoms with Gasteiger partial charge in [-0.3, -0.25) is 4.79 Å². The molecule has 1 aliphatic rings. The molecule has 0 saturated carbocycles. The Kier molecular flexibility index (Phi) is 4.75. The lowest BCUT2D eigenvalue weighted by Crippen LogP contribution is -2.57. The van der Waals surface area contributed by atoms with Crippen molar-refractivity contribution in [2.24, 2.45) is 5.10 Å². The summed E-state index contributed by atoms with van der Waals surface area (Å²) >= 11 is 0. The first-order valence-corrected chi connectivity index (χ1v) is 7.83. The lowest BCUT2D eigenvalue weighted by Gasteiger charge is -2.33. The molecule has 0 unspecified atom stereocenters. The zero-order valence-corrected chi connectivity index (χ0v) is 13.7. The minimum absolute atomic E-state index is 0.0532. The van der Waals surface area contributed by atoms with E-state index in [1.54, 1.807) is 6.07 Å². The van der Waals surface area contributed by atoms with Crippen molar-refractivity contribution in [3.63, 3.8) is 0 Å². The molecule has 0 radical (unpaired) electrons. The lowest BCUT2D eigenvalue weighted by atomic mass is 10.00. The van der Waals surface area contributed by atoms with Crippen LogP contribution in [-0.2, 0) is 4.79 Å². The van der Waals surface area contributed by atoms with Gasteiger partial charge in [0.05, 0.1) is 12.1 Å². The van der Waals surface area contributed by atoms with Crippen molar-refractivity contribution < 1.29 is 32.6 Å². The number of aliphatic hydroxyl groups excluding tert-OH is 1. The molecule has 2 N–H and O–H groups in total. The maximum atomic E-state index is 13.5. The maximum absolute atomic E-state index is 13.5. The number of hydrazone groups is 1. The second-order valence-electron chi connectivity index (χ2n) is 6.01. The number of nitrogens with zero attached hydrogens (tertiary/aromatic N) is 2. The first-order valence-electron chi connectivity index (χ1n) is 7.83. The Hall–Kier alpha value is -2.78. The molecule has 0 bridgehead atoms. The number of rotatable bonds is 3. The lowest BCUT2D eigenvalue weighted by molar-refractivity contribution is -0.303. The molecule has 9 heteroatoms. The fourth-order valence-electron chi connectivity index (χ4n) is 2.69. The van der Waals surface area contributed by atoms with Crippen molar-refractivity contribution in [3.05, 3.63) is 71.5 Å². The summed E-state index contributed by atoms with van der Waals surface area (Å²) in [6, 6.07) is 11.7. The van der Waals surface area contributed by atoms with E-state index in [4.69, 9.17) is 0 Å². The van der Waals surface area contributed by atoms with Crippen LogP contribution >= 0.6 is 0 Å². The fourth-order valence-corrected chi connectivity index (χ4v) is 2.69. The number of hydrogen-bond donors (Lipinski definition) is 2. The highest BCUT2D eigenvalue weighted by molar-refractivity contribution is 6.03. The highest BCUT2D eigenvalue weighted by atomic mass is 19.4. The maximum Gasteiger partial charge on any atom is 0.438 e. The van der Waals surface area contributed by atoms with Crippen LogP contribution in [0.3, 0.4) is 0 Å². The van der Waals surface area contributed by atoms with E-state index >= 15 is 0 Å². The molecule has 0 aromatic heterocycles. The monoisotopic (exact) mass is 382 g/mol. The number of carbonyl (C=O) groups excluding carboxylic acids is 1. The van der Waals surface area contributed by atoms with Crippen molar-refractivity contribution in [2.75, 3.05) is 0 Å². The van der Waals surface area contributed by atoms with Crippen LogP contribution < -0.4 is 0 Å². The van der Waals surface area contributed by atoms with E-state index < -0.39 is 36.2 Å². The molecule has 142 valence electrons. The molecular formula is C18H14F4N2O3. The third-order valence-corrected chi connectivity index (χ3v) is 4.17. The third kappa shape index (κ3) is 3.43. The molecule has 2 aromatic carbocycles. The van der Waals surface area contributed by atoms with Crippen LogP contribution in [0.1, 0.15) is 23.7 Å². The largest absolute Gasteiger partial charge is 0.438 e. The van der Waals surface area contributed by atoms with E-state index in [0.29, 0.717) is 0 Å². The first-order chi connectivity index (χ1) is 12.6. The van der Waals surface area contributed by atoms with E-state index in [-0.39, 0.29) is 21.8 Å². The van der Waals surface area contributed by atoms with E-state index in [1.165, 1.54) is 36.4 Å². The van der Waals surface area contributed by atoms with Crippen LogP contribution in [0.4, 0.5) is 17.6 Å². The SMILES string of the molecule is O=C([C@H](O)c1ccccc1)N1N=C(c2ccc(F)cc2)C[C@@]1(O)C(F)(F)F. The van der Waals surface area contributed by atoms with Gasteiger partial charge in [0.2, 0.25) is 0 Å². The van der Waals surface area contributed by atoms with Crippen molar-refractivity contribution in [3.8, 4) is 0 Å². The molecular weight excluding hydrogens is 368 g/mol. The van der Waals surface area contributed by atoms with Gasteiger partial charge in [0, 0.05) is 0 Å². The Morgan fingerprint density at radius 3 is 2.26 bits per heavy atom. The van der Waals surface area contributed by atoms with Crippen molar-refractivity contribution in [1.82, 2.24) is 5.01 Å². The van der Waals surface area contributed by atoms with Crippen LogP contribution in [0.2, 0.25) is 0 Å². The number of halogens is 4. The smallest absolute Gasteiger partial charge is 0.378 e. The zero-order valence-electron chi connectivity index (χ0n) is 13.7. The van der Waals surface area contributed by atoms with Gasteiger partial charge < -0.3 is 10.2 Å². The summed E-state index contributed by atoms with van der Waals surface area (Å²) in [7, 11) is 0. The van der Waals surface area contributed by atoms with Crippen LogP contribution in [0.25, 0.3) is 0 Å². The van der Waals surface area contributed by atoms with Gasteiger partial charge in [0.25, 0.3) is 11.6 Å². The summed E-state index contributed by atoms with van der Waals surface area (Å²) in [5, 5.41) is 23.8. The van der Waals surface area contributed by atoms with Gasteiger partial charge in [-0.1, -0.05) is 42.5 Å². The number of aliphatic hydroxyl groups is 2. The number of amides is 1. The van der Waals surface area contributed by atoms with E-state index in [0.717, 1.165) is 12.1 Å². The molecule has 0 saturated heterocycles. The summed E-state index contributed by atoms with van der Waals surface area (Å²) in [6.07, 6.45) is -8.23. The van der Waals surface area contributed by atoms with Gasteiger partial charge >= 0.3 is 6.18 Å². The van der Waals surface area contributed by atoms with Crippen LogP contribution in [0.15, 0.2) is 59.7 Å². The molecule has 0 fully saturated rings. The molecule has 0 spiro atoms. The second-order valence-corrected chi connectivity index (χ2v) is 6.01. The summed E-state index contributed by atoms with van der Waals surface area (Å²) in [5.41, 5.74) is -3.71. The topological polar surface area (TPSA) is 73.1 Å². The molecule has 5 nitrogen and oxygen atoms in total. The first kappa shape index (κ1) is 19.0. The Morgan fingerprint density at radius 2 is 1.70 bits per heavy atom. The third-order valence-electron chi connectivity index (χ3n) is 4.17. The highest BCUT2D eigenvalue weighted by Crippen LogP contribution is 2.42. The minimum atomic E-state index is -5.23. The van der Waals surface area contributed by atoms with Crippen molar-refractivity contribution in [2.45, 2.75) is 24.4 Å². The molecule has 1 aliphatic heterocycles. The summed E-state index contributed by atoms with van der Waals surface area (Å²) in [6.45, 7) is 0. The van der Waals surface area contributed by atoms with E-state index in [2.05, 4.69) is 5.10 Å².